The van der Waals surface area contributed by atoms with E-state index in [9.17, 15) is 0 Å². The number of para-hydroxylation sites is 1. The molecule has 0 aliphatic heterocycles. The van der Waals surface area contributed by atoms with Gasteiger partial charge in [0.15, 0.2) is 0 Å². The highest BCUT2D eigenvalue weighted by molar-refractivity contribution is 5.37. The first-order valence-electron chi connectivity index (χ1n) is 7.13. The van der Waals surface area contributed by atoms with Gasteiger partial charge >= 0.3 is 0 Å². The van der Waals surface area contributed by atoms with E-state index < -0.39 is 0 Å². The third-order valence-corrected chi connectivity index (χ3v) is 4.18. The zero-order chi connectivity index (χ0) is 14.4. The van der Waals surface area contributed by atoms with Crippen molar-refractivity contribution >= 4 is 0 Å². The average molecular weight is 269 g/mol. The molecule has 0 aliphatic carbocycles. The van der Waals surface area contributed by atoms with Crippen molar-refractivity contribution in [3.8, 4) is 5.75 Å². The second-order valence-corrected chi connectivity index (χ2v) is 5.19. The molecule has 2 aromatic rings. The molecule has 2 aromatic carbocycles. The van der Waals surface area contributed by atoms with E-state index in [1.165, 1.54) is 11.1 Å². The quantitative estimate of drug-likeness (QED) is 0.870. The number of hydrogen-bond acceptors (Lipinski definition) is 2. The van der Waals surface area contributed by atoms with Gasteiger partial charge in [-0.2, -0.15) is 0 Å². The summed E-state index contributed by atoms with van der Waals surface area (Å²) in [6.07, 6.45) is 1.90. The van der Waals surface area contributed by atoms with Gasteiger partial charge in [-0.25, -0.2) is 0 Å². The van der Waals surface area contributed by atoms with Gasteiger partial charge < -0.3 is 10.5 Å². The van der Waals surface area contributed by atoms with Gasteiger partial charge in [-0.15, -0.1) is 0 Å². The maximum Gasteiger partial charge on any atom is 0.122 e. The van der Waals surface area contributed by atoms with Crippen molar-refractivity contribution in [2.24, 2.45) is 5.73 Å². The monoisotopic (exact) mass is 269 g/mol. The SMILES string of the molecule is CCC(CN)(Cc1ccccc1OC)c1ccccc1. The largest absolute Gasteiger partial charge is 0.496 e. The van der Waals surface area contributed by atoms with Crippen molar-refractivity contribution in [2.75, 3.05) is 13.7 Å². The Balaban J connectivity index is 2.39. The normalized spacial score (nSPS) is 13.8. The van der Waals surface area contributed by atoms with Gasteiger partial charge in [-0.1, -0.05) is 55.5 Å². The molecule has 2 rings (SSSR count). The Morgan fingerprint density at radius 3 is 2.25 bits per heavy atom. The van der Waals surface area contributed by atoms with E-state index in [1.807, 2.05) is 18.2 Å². The lowest BCUT2D eigenvalue weighted by Gasteiger charge is -2.33. The molecule has 2 N–H and O–H groups in total. The number of nitrogens with two attached hydrogens (primary N) is 1. The summed E-state index contributed by atoms with van der Waals surface area (Å²) in [4.78, 5) is 0. The van der Waals surface area contributed by atoms with Crippen LogP contribution in [0.3, 0.4) is 0 Å². The molecule has 2 heteroatoms. The summed E-state index contributed by atoms with van der Waals surface area (Å²) in [5.41, 5.74) is 8.63. The number of benzene rings is 2. The molecule has 1 atom stereocenters. The Hall–Kier alpha value is -1.80. The molecule has 2 nitrogen and oxygen atoms in total. The number of hydrogen-bond donors (Lipinski definition) is 1. The van der Waals surface area contributed by atoms with Crippen LogP contribution in [-0.2, 0) is 11.8 Å². The van der Waals surface area contributed by atoms with Crippen LogP contribution in [0.1, 0.15) is 24.5 Å². The van der Waals surface area contributed by atoms with E-state index in [1.54, 1.807) is 7.11 Å². The van der Waals surface area contributed by atoms with E-state index >= 15 is 0 Å². The molecule has 0 aliphatic rings. The Bertz CT molecular complexity index is 532. The molecule has 0 spiro atoms. The number of ether oxygens (including phenoxy) is 1. The predicted molar refractivity (Wildman–Crippen MR) is 84.2 cm³/mol. The van der Waals surface area contributed by atoms with Crippen LogP contribution in [0.5, 0.6) is 5.75 Å². The van der Waals surface area contributed by atoms with Crippen LogP contribution < -0.4 is 10.5 Å². The van der Waals surface area contributed by atoms with Gasteiger partial charge in [-0.3, -0.25) is 0 Å². The topological polar surface area (TPSA) is 35.2 Å². The summed E-state index contributed by atoms with van der Waals surface area (Å²) < 4.78 is 5.48. The van der Waals surface area contributed by atoms with Gasteiger partial charge in [0, 0.05) is 12.0 Å². The van der Waals surface area contributed by atoms with Crippen LogP contribution in [0.2, 0.25) is 0 Å². The Morgan fingerprint density at radius 2 is 1.65 bits per heavy atom. The van der Waals surface area contributed by atoms with Crippen LogP contribution in [0.15, 0.2) is 54.6 Å². The van der Waals surface area contributed by atoms with E-state index in [0.29, 0.717) is 6.54 Å². The van der Waals surface area contributed by atoms with Crippen LogP contribution in [0.4, 0.5) is 0 Å². The van der Waals surface area contributed by atoms with Gasteiger partial charge in [0.1, 0.15) is 5.75 Å². The van der Waals surface area contributed by atoms with E-state index in [4.69, 9.17) is 10.5 Å². The second-order valence-electron chi connectivity index (χ2n) is 5.19. The maximum absolute atomic E-state index is 6.15. The Kier molecular flexibility index (Phi) is 4.80. The summed E-state index contributed by atoms with van der Waals surface area (Å²) in [6.45, 7) is 2.83. The molecule has 106 valence electrons. The highest BCUT2D eigenvalue weighted by Crippen LogP contribution is 2.33. The summed E-state index contributed by atoms with van der Waals surface area (Å²) in [7, 11) is 1.72. The first-order valence-corrected chi connectivity index (χ1v) is 7.13. The predicted octanol–water partition coefficient (Wildman–Crippen LogP) is 3.54. The smallest absolute Gasteiger partial charge is 0.122 e. The first kappa shape index (κ1) is 14.6. The van der Waals surface area contributed by atoms with E-state index in [0.717, 1.165) is 18.6 Å². The fraction of sp³-hybridized carbons (Fsp3) is 0.333. The molecule has 0 saturated heterocycles. The van der Waals surface area contributed by atoms with Gasteiger partial charge in [0.2, 0.25) is 0 Å². The molecule has 20 heavy (non-hydrogen) atoms. The maximum atomic E-state index is 6.15. The van der Waals surface area contributed by atoms with Gasteiger partial charge in [0.05, 0.1) is 7.11 Å². The van der Waals surface area contributed by atoms with Crippen LogP contribution >= 0.6 is 0 Å². The molecule has 0 aromatic heterocycles. The molecule has 0 bridgehead atoms. The molecule has 0 amide bonds. The minimum absolute atomic E-state index is 0.0319. The highest BCUT2D eigenvalue weighted by atomic mass is 16.5. The molecule has 0 radical (unpaired) electrons. The highest BCUT2D eigenvalue weighted by Gasteiger charge is 2.30. The number of rotatable bonds is 6. The summed E-state index contributed by atoms with van der Waals surface area (Å²) in [5, 5.41) is 0. The lowest BCUT2D eigenvalue weighted by Crippen LogP contribution is -2.36. The van der Waals surface area contributed by atoms with Crippen molar-refractivity contribution < 1.29 is 4.74 Å². The fourth-order valence-corrected chi connectivity index (χ4v) is 2.77. The fourth-order valence-electron chi connectivity index (χ4n) is 2.77. The van der Waals surface area contributed by atoms with Crippen molar-refractivity contribution in [1.82, 2.24) is 0 Å². The molecular weight excluding hydrogens is 246 g/mol. The molecule has 1 unspecified atom stereocenters. The van der Waals surface area contributed by atoms with Crippen molar-refractivity contribution in [1.29, 1.82) is 0 Å². The lowest BCUT2D eigenvalue weighted by atomic mass is 9.73. The minimum atomic E-state index is -0.0319. The molecule has 0 saturated carbocycles. The lowest BCUT2D eigenvalue weighted by molar-refractivity contribution is 0.384. The summed E-state index contributed by atoms with van der Waals surface area (Å²) in [6, 6.07) is 18.7. The van der Waals surface area contributed by atoms with Crippen LogP contribution in [0, 0.1) is 0 Å². The zero-order valence-corrected chi connectivity index (χ0v) is 12.3. The van der Waals surface area contributed by atoms with E-state index in [2.05, 4.69) is 43.3 Å². The molecule has 0 fully saturated rings. The third kappa shape index (κ3) is 2.86. The second kappa shape index (κ2) is 6.58. The zero-order valence-electron chi connectivity index (χ0n) is 12.3. The van der Waals surface area contributed by atoms with E-state index in [-0.39, 0.29) is 5.41 Å². The van der Waals surface area contributed by atoms with Gasteiger partial charge in [0.25, 0.3) is 0 Å². The van der Waals surface area contributed by atoms with Crippen molar-refractivity contribution in [2.45, 2.75) is 25.2 Å². The third-order valence-electron chi connectivity index (χ3n) is 4.18. The standard InChI is InChI=1S/C18H23NO/c1-3-18(14-19,16-10-5-4-6-11-16)13-15-9-7-8-12-17(15)20-2/h4-12H,3,13-14,19H2,1-2H3. The van der Waals surface area contributed by atoms with Crippen LogP contribution in [-0.4, -0.2) is 13.7 Å². The number of methoxy groups -OCH3 is 1. The van der Waals surface area contributed by atoms with Crippen molar-refractivity contribution in [3.05, 3.63) is 65.7 Å². The van der Waals surface area contributed by atoms with Crippen LogP contribution in [0.25, 0.3) is 0 Å². The Labute approximate surface area is 121 Å². The van der Waals surface area contributed by atoms with Crippen molar-refractivity contribution in [3.63, 3.8) is 0 Å². The van der Waals surface area contributed by atoms with Gasteiger partial charge in [-0.05, 0) is 30.0 Å². The average Bonchev–Trinajstić information content (AvgIpc) is 2.54. The minimum Gasteiger partial charge on any atom is -0.496 e. The molecule has 0 heterocycles. The first-order chi connectivity index (χ1) is 9.75. The Morgan fingerprint density at radius 1 is 1.00 bits per heavy atom. The molecular formula is C18H23NO. The summed E-state index contributed by atoms with van der Waals surface area (Å²) in [5.74, 6) is 0.940. The summed E-state index contributed by atoms with van der Waals surface area (Å²) >= 11 is 0.